The van der Waals surface area contributed by atoms with E-state index in [4.69, 9.17) is 25.2 Å². The molecule has 3 aromatic rings. The SMILES string of the molecule is COc1ccc(CN(CCO)CCO)cc1.Oc1ccccc1.Oc1ccccc1. The molecule has 0 saturated carbocycles. The molecular weight excluding hydrogens is 382 g/mol. The molecule has 4 N–H and O–H groups in total. The molecule has 3 aromatic carbocycles. The van der Waals surface area contributed by atoms with Gasteiger partial charge in [0.15, 0.2) is 0 Å². The first kappa shape index (κ1) is 25.0. The molecule has 0 saturated heterocycles. The number of hydrogen-bond donors (Lipinski definition) is 4. The van der Waals surface area contributed by atoms with Crippen LogP contribution in [0.1, 0.15) is 5.56 Å². The van der Waals surface area contributed by atoms with Crippen LogP contribution in [0.4, 0.5) is 0 Å². The summed E-state index contributed by atoms with van der Waals surface area (Å²) in [6, 6.07) is 25.2. The number of methoxy groups -OCH3 is 1. The van der Waals surface area contributed by atoms with Crippen molar-refractivity contribution in [3.8, 4) is 17.2 Å². The number of rotatable bonds is 7. The van der Waals surface area contributed by atoms with Gasteiger partial charge in [-0.3, -0.25) is 4.90 Å². The highest BCUT2D eigenvalue weighted by molar-refractivity contribution is 5.27. The van der Waals surface area contributed by atoms with Crippen molar-refractivity contribution in [2.45, 2.75) is 6.54 Å². The Hall–Kier alpha value is -3.06. The number of aliphatic hydroxyl groups excluding tert-OH is 2. The lowest BCUT2D eigenvalue weighted by Gasteiger charge is -2.20. The smallest absolute Gasteiger partial charge is 0.118 e. The molecule has 0 bridgehead atoms. The quantitative estimate of drug-likeness (QED) is 0.475. The molecule has 30 heavy (non-hydrogen) atoms. The van der Waals surface area contributed by atoms with Crippen LogP contribution in [0.3, 0.4) is 0 Å². The molecule has 0 radical (unpaired) electrons. The molecule has 0 spiro atoms. The number of benzene rings is 3. The van der Waals surface area contributed by atoms with Crippen LogP contribution in [0.2, 0.25) is 0 Å². The summed E-state index contributed by atoms with van der Waals surface area (Å²) < 4.78 is 5.08. The Bertz CT molecular complexity index is 723. The molecule has 0 atom stereocenters. The van der Waals surface area contributed by atoms with Gasteiger partial charge in [0.05, 0.1) is 20.3 Å². The minimum Gasteiger partial charge on any atom is -0.508 e. The lowest BCUT2D eigenvalue weighted by molar-refractivity contribution is 0.156. The van der Waals surface area contributed by atoms with Gasteiger partial charge in [0.1, 0.15) is 17.2 Å². The minimum atomic E-state index is 0.107. The van der Waals surface area contributed by atoms with E-state index in [0.29, 0.717) is 24.6 Å². The van der Waals surface area contributed by atoms with E-state index in [1.165, 1.54) is 0 Å². The predicted octanol–water partition coefficient (Wildman–Crippen LogP) is 3.27. The Kier molecular flexibility index (Phi) is 13.2. The Morgan fingerprint density at radius 3 is 1.40 bits per heavy atom. The van der Waals surface area contributed by atoms with E-state index in [1.807, 2.05) is 41.3 Å². The van der Waals surface area contributed by atoms with Crippen molar-refractivity contribution < 1.29 is 25.2 Å². The molecule has 0 amide bonds. The standard InChI is InChI=1S/C12H19NO3.2C6H6O/c1-16-12-4-2-11(3-5-12)10-13(6-8-14)7-9-15;2*7-6-4-2-1-3-5-6/h2-5,14-15H,6-10H2,1H3;2*1-5,7H. The lowest BCUT2D eigenvalue weighted by Crippen LogP contribution is -2.29. The predicted molar refractivity (Wildman–Crippen MR) is 119 cm³/mol. The molecule has 6 heteroatoms. The molecule has 0 unspecified atom stereocenters. The number of phenolic OH excluding ortho intramolecular Hbond substituents is 2. The number of aromatic hydroxyl groups is 2. The van der Waals surface area contributed by atoms with Crippen molar-refractivity contribution in [1.82, 2.24) is 4.90 Å². The van der Waals surface area contributed by atoms with Gasteiger partial charge in [-0.1, -0.05) is 48.5 Å². The van der Waals surface area contributed by atoms with Crippen molar-refractivity contribution in [1.29, 1.82) is 0 Å². The zero-order valence-corrected chi connectivity index (χ0v) is 17.3. The first-order valence-electron chi connectivity index (χ1n) is 9.64. The van der Waals surface area contributed by atoms with Crippen molar-refractivity contribution >= 4 is 0 Å². The molecular formula is C24H31NO5. The van der Waals surface area contributed by atoms with E-state index in [0.717, 1.165) is 17.9 Å². The van der Waals surface area contributed by atoms with Crippen LogP contribution in [0.25, 0.3) is 0 Å². The largest absolute Gasteiger partial charge is 0.508 e. The monoisotopic (exact) mass is 413 g/mol. The normalized spacial score (nSPS) is 9.73. The van der Waals surface area contributed by atoms with Gasteiger partial charge in [-0.2, -0.15) is 0 Å². The number of ether oxygens (including phenoxy) is 1. The van der Waals surface area contributed by atoms with Gasteiger partial charge < -0.3 is 25.2 Å². The zero-order chi connectivity index (χ0) is 22.0. The van der Waals surface area contributed by atoms with Crippen LogP contribution in [-0.2, 0) is 6.54 Å². The topological polar surface area (TPSA) is 93.4 Å². The van der Waals surface area contributed by atoms with Crippen molar-refractivity contribution in [3.05, 3.63) is 90.5 Å². The van der Waals surface area contributed by atoms with Gasteiger partial charge in [-0.05, 0) is 42.0 Å². The van der Waals surface area contributed by atoms with Crippen LogP contribution in [0, 0.1) is 0 Å². The van der Waals surface area contributed by atoms with Crippen LogP contribution in [0.15, 0.2) is 84.9 Å². The summed E-state index contributed by atoms with van der Waals surface area (Å²) in [6.07, 6.45) is 0. The Labute approximate surface area is 178 Å². The summed E-state index contributed by atoms with van der Waals surface area (Å²) in [5.74, 6) is 1.48. The third kappa shape index (κ3) is 11.7. The molecule has 0 fully saturated rings. The van der Waals surface area contributed by atoms with E-state index in [9.17, 15) is 0 Å². The molecule has 0 aromatic heterocycles. The third-order valence-corrected chi connectivity index (χ3v) is 3.91. The van der Waals surface area contributed by atoms with E-state index >= 15 is 0 Å². The summed E-state index contributed by atoms with van der Waals surface area (Å²) in [7, 11) is 1.64. The number of para-hydroxylation sites is 2. The highest BCUT2D eigenvalue weighted by Gasteiger charge is 2.04. The van der Waals surface area contributed by atoms with Gasteiger partial charge in [0.2, 0.25) is 0 Å². The maximum atomic E-state index is 8.88. The minimum absolute atomic E-state index is 0.107. The van der Waals surface area contributed by atoms with E-state index in [1.54, 1.807) is 55.6 Å². The highest BCUT2D eigenvalue weighted by atomic mass is 16.5. The summed E-state index contributed by atoms with van der Waals surface area (Å²) in [5.41, 5.74) is 1.14. The molecule has 0 heterocycles. The van der Waals surface area contributed by atoms with Crippen LogP contribution < -0.4 is 4.74 Å². The maximum Gasteiger partial charge on any atom is 0.118 e. The summed E-state index contributed by atoms with van der Waals surface area (Å²) in [6.45, 7) is 2.09. The maximum absolute atomic E-state index is 8.88. The number of phenols is 2. The molecule has 162 valence electrons. The molecule has 0 aliphatic rings. The highest BCUT2D eigenvalue weighted by Crippen LogP contribution is 2.12. The first-order chi connectivity index (χ1) is 14.6. The second-order valence-corrected chi connectivity index (χ2v) is 6.24. The molecule has 0 aliphatic heterocycles. The van der Waals surface area contributed by atoms with E-state index < -0.39 is 0 Å². The van der Waals surface area contributed by atoms with Crippen LogP contribution in [-0.4, -0.2) is 58.7 Å². The average Bonchev–Trinajstić information content (AvgIpc) is 2.77. The Morgan fingerprint density at radius 2 is 1.10 bits per heavy atom. The number of aliphatic hydroxyl groups is 2. The molecule has 3 rings (SSSR count). The van der Waals surface area contributed by atoms with Gasteiger partial charge in [0, 0.05) is 19.6 Å². The van der Waals surface area contributed by atoms with Crippen molar-refractivity contribution in [3.63, 3.8) is 0 Å². The van der Waals surface area contributed by atoms with Crippen LogP contribution >= 0.6 is 0 Å². The fourth-order valence-electron chi connectivity index (χ4n) is 2.40. The number of nitrogens with zero attached hydrogens (tertiary/aromatic N) is 1. The Balaban J connectivity index is 0.000000263. The van der Waals surface area contributed by atoms with Gasteiger partial charge >= 0.3 is 0 Å². The molecule has 6 nitrogen and oxygen atoms in total. The summed E-state index contributed by atoms with van der Waals surface area (Å²) in [4.78, 5) is 2.00. The van der Waals surface area contributed by atoms with Crippen molar-refractivity contribution in [2.75, 3.05) is 33.4 Å². The second kappa shape index (κ2) is 15.8. The average molecular weight is 414 g/mol. The third-order valence-electron chi connectivity index (χ3n) is 3.91. The van der Waals surface area contributed by atoms with Gasteiger partial charge in [-0.25, -0.2) is 0 Å². The van der Waals surface area contributed by atoms with Crippen LogP contribution in [0.5, 0.6) is 17.2 Å². The Morgan fingerprint density at radius 1 is 0.667 bits per heavy atom. The van der Waals surface area contributed by atoms with E-state index in [-0.39, 0.29) is 13.2 Å². The fraction of sp³-hybridized carbons (Fsp3) is 0.250. The summed E-state index contributed by atoms with van der Waals surface area (Å²) in [5, 5.41) is 35.0. The zero-order valence-electron chi connectivity index (χ0n) is 17.3. The summed E-state index contributed by atoms with van der Waals surface area (Å²) >= 11 is 0. The van der Waals surface area contributed by atoms with Gasteiger partial charge in [-0.15, -0.1) is 0 Å². The second-order valence-electron chi connectivity index (χ2n) is 6.24. The number of hydrogen-bond acceptors (Lipinski definition) is 6. The van der Waals surface area contributed by atoms with Crippen molar-refractivity contribution in [2.24, 2.45) is 0 Å². The molecule has 0 aliphatic carbocycles. The van der Waals surface area contributed by atoms with E-state index in [2.05, 4.69) is 0 Å². The fourth-order valence-corrected chi connectivity index (χ4v) is 2.40. The first-order valence-corrected chi connectivity index (χ1v) is 9.64. The lowest BCUT2D eigenvalue weighted by atomic mass is 10.2. The van der Waals surface area contributed by atoms with Gasteiger partial charge in [0.25, 0.3) is 0 Å².